The number of nitrogens with zero attached hydrogens (tertiary/aromatic N) is 4. The van der Waals surface area contributed by atoms with Crippen molar-refractivity contribution < 1.29 is 14.1 Å². The van der Waals surface area contributed by atoms with Crippen LogP contribution < -0.4 is 0 Å². The highest BCUT2D eigenvalue weighted by molar-refractivity contribution is 7.17. The van der Waals surface area contributed by atoms with Crippen LogP contribution >= 0.6 is 11.3 Å². The maximum absolute atomic E-state index is 12.4. The summed E-state index contributed by atoms with van der Waals surface area (Å²) in [6.45, 7) is 2.08. The predicted molar refractivity (Wildman–Crippen MR) is 108 cm³/mol. The molecule has 4 aromatic rings. The molecule has 0 bridgehead atoms. The van der Waals surface area contributed by atoms with Gasteiger partial charge in [0, 0.05) is 29.9 Å². The largest absolute Gasteiger partial charge is 0.461 e. The van der Waals surface area contributed by atoms with Crippen LogP contribution in [0, 0.1) is 6.92 Å². The van der Waals surface area contributed by atoms with E-state index < -0.39 is 0 Å². The molecule has 0 spiro atoms. The Morgan fingerprint density at radius 2 is 1.93 bits per heavy atom. The quantitative estimate of drug-likeness (QED) is 0.333. The van der Waals surface area contributed by atoms with E-state index in [1.165, 1.54) is 11.3 Å². The second-order valence-corrected chi connectivity index (χ2v) is 7.29. The van der Waals surface area contributed by atoms with E-state index in [1.54, 1.807) is 12.4 Å². The molecule has 0 fully saturated rings. The average molecular weight is 406 g/mol. The zero-order chi connectivity index (χ0) is 20.1. The molecule has 146 valence electrons. The van der Waals surface area contributed by atoms with Gasteiger partial charge >= 0.3 is 5.97 Å². The Morgan fingerprint density at radius 1 is 1.10 bits per heavy atom. The van der Waals surface area contributed by atoms with Crippen LogP contribution in [0.2, 0.25) is 0 Å². The van der Waals surface area contributed by atoms with Crippen molar-refractivity contribution >= 4 is 17.3 Å². The summed E-state index contributed by atoms with van der Waals surface area (Å²) in [5.41, 5.74) is 2.46. The van der Waals surface area contributed by atoms with Gasteiger partial charge in [0.05, 0.1) is 12.3 Å². The predicted octanol–water partition coefficient (Wildman–Crippen LogP) is 4.35. The van der Waals surface area contributed by atoms with Gasteiger partial charge in [0.2, 0.25) is 11.7 Å². The molecule has 0 radical (unpaired) electrons. The SMILES string of the molecule is Cc1nc(-c2ccccc2)sc1C(=O)OCCCc1nc(-c2cccnc2)no1. The van der Waals surface area contributed by atoms with Gasteiger partial charge in [0.25, 0.3) is 0 Å². The van der Waals surface area contributed by atoms with Gasteiger partial charge < -0.3 is 9.26 Å². The van der Waals surface area contributed by atoms with E-state index in [0.717, 1.165) is 16.1 Å². The number of hydrogen-bond acceptors (Lipinski definition) is 8. The fraction of sp³-hybridized carbons (Fsp3) is 0.190. The minimum atomic E-state index is -0.358. The Hall–Kier alpha value is -3.39. The normalized spacial score (nSPS) is 10.8. The third kappa shape index (κ3) is 4.55. The fourth-order valence-corrected chi connectivity index (χ4v) is 3.68. The van der Waals surface area contributed by atoms with Crippen molar-refractivity contribution in [2.45, 2.75) is 19.8 Å². The lowest BCUT2D eigenvalue weighted by molar-refractivity contribution is 0.0503. The molecule has 4 rings (SSSR count). The molecule has 8 heteroatoms. The Bertz CT molecular complexity index is 1090. The molecule has 0 saturated carbocycles. The number of thiazole rings is 1. The van der Waals surface area contributed by atoms with E-state index in [4.69, 9.17) is 9.26 Å². The smallest absolute Gasteiger partial charge is 0.350 e. The number of carbonyl (C=O) groups excluding carboxylic acids is 1. The molecule has 1 aromatic carbocycles. The zero-order valence-electron chi connectivity index (χ0n) is 15.7. The van der Waals surface area contributed by atoms with Crippen molar-refractivity contribution in [2.75, 3.05) is 6.61 Å². The van der Waals surface area contributed by atoms with Crippen molar-refractivity contribution in [2.24, 2.45) is 0 Å². The molecule has 3 aromatic heterocycles. The molecule has 0 atom stereocenters. The molecule has 7 nitrogen and oxygen atoms in total. The molecule has 0 aliphatic carbocycles. The van der Waals surface area contributed by atoms with Crippen molar-refractivity contribution in [1.82, 2.24) is 20.1 Å². The summed E-state index contributed by atoms with van der Waals surface area (Å²) in [4.78, 5) is 25.8. The van der Waals surface area contributed by atoms with Gasteiger partial charge in [0.1, 0.15) is 9.88 Å². The summed E-state index contributed by atoms with van der Waals surface area (Å²) in [6, 6.07) is 13.5. The van der Waals surface area contributed by atoms with Crippen molar-refractivity contribution in [3.8, 4) is 22.0 Å². The first-order chi connectivity index (χ1) is 14.2. The van der Waals surface area contributed by atoms with E-state index in [1.807, 2.05) is 49.4 Å². The number of esters is 1. The van der Waals surface area contributed by atoms with Crippen LogP contribution in [0.1, 0.15) is 27.7 Å². The van der Waals surface area contributed by atoms with Gasteiger partial charge in [-0.1, -0.05) is 35.5 Å². The van der Waals surface area contributed by atoms with E-state index in [0.29, 0.717) is 35.1 Å². The highest BCUT2D eigenvalue weighted by atomic mass is 32.1. The molecule has 0 unspecified atom stereocenters. The minimum Gasteiger partial charge on any atom is -0.461 e. The minimum absolute atomic E-state index is 0.265. The molecule has 0 N–H and O–H groups in total. The van der Waals surface area contributed by atoms with Gasteiger partial charge in [-0.3, -0.25) is 4.98 Å². The molecule has 0 amide bonds. The molecular weight excluding hydrogens is 388 g/mol. The molecule has 29 heavy (non-hydrogen) atoms. The maximum Gasteiger partial charge on any atom is 0.350 e. The lowest BCUT2D eigenvalue weighted by atomic mass is 10.2. The summed E-state index contributed by atoms with van der Waals surface area (Å²) in [5, 5.41) is 4.76. The van der Waals surface area contributed by atoms with Crippen LogP contribution in [-0.4, -0.2) is 32.7 Å². The van der Waals surface area contributed by atoms with Gasteiger partial charge in [-0.15, -0.1) is 11.3 Å². The monoisotopic (exact) mass is 406 g/mol. The van der Waals surface area contributed by atoms with E-state index in [-0.39, 0.29) is 12.6 Å². The van der Waals surface area contributed by atoms with Crippen LogP contribution in [0.5, 0.6) is 0 Å². The molecule has 0 aliphatic rings. The van der Waals surface area contributed by atoms with Crippen molar-refractivity contribution in [1.29, 1.82) is 0 Å². The number of benzene rings is 1. The van der Waals surface area contributed by atoms with Crippen molar-refractivity contribution in [3.05, 3.63) is 71.3 Å². The van der Waals surface area contributed by atoms with Gasteiger partial charge in [-0.25, -0.2) is 9.78 Å². The Kier molecular flexibility index (Phi) is 5.71. The highest BCUT2D eigenvalue weighted by Crippen LogP contribution is 2.28. The summed E-state index contributed by atoms with van der Waals surface area (Å²) in [6.07, 6.45) is 4.48. The highest BCUT2D eigenvalue weighted by Gasteiger charge is 2.17. The van der Waals surface area contributed by atoms with Crippen LogP contribution in [-0.2, 0) is 11.2 Å². The summed E-state index contributed by atoms with van der Waals surface area (Å²) in [5.74, 6) is 0.641. The Labute approximate surface area is 171 Å². The first-order valence-corrected chi connectivity index (χ1v) is 9.95. The summed E-state index contributed by atoms with van der Waals surface area (Å²) in [7, 11) is 0. The number of aryl methyl sites for hydroxylation is 2. The fourth-order valence-electron chi connectivity index (χ4n) is 2.71. The first-order valence-electron chi connectivity index (χ1n) is 9.13. The van der Waals surface area contributed by atoms with Crippen LogP contribution in [0.15, 0.2) is 59.4 Å². The van der Waals surface area contributed by atoms with Crippen LogP contribution in [0.25, 0.3) is 22.0 Å². The summed E-state index contributed by atoms with van der Waals surface area (Å²) >= 11 is 1.34. The molecule has 0 aliphatic heterocycles. The lowest BCUT2D eigenvalue weighted by Gasteiger charge is -2.02. The third-order valence-corrected chi connectivity index (χ3v) is 5.35. The number of aromatic nitrogens is 4. The zero-order valence-corrected chi connectivity index (χ0v) is 16.6. The maximum atomic E-state index is 12.4. The topological polar surface area (TPSA) is 91.0 Å². The van der Waals surface area contributed by atoms with Crippen molar-refractivity contribution in [3.63, 3.8) is 0 Å². The molecule has 0 saturated heterocycles. The van der Waals surface area contributed by atoms with Gasteiger partial charge in [-0.2, -0.15) is 4.98 Å². The lowest BCUT2D eigenvalue weighted by Crippen LogP contribution is -2.07. The van der Waals surface area contributed by atoms with E-state index >= 15 is 0 Å². The number of ether oxygens (including phenoxy) is 1. The van der Waals surface area contributed by atoms with Gasteiger partial charge in [-0.05, 0) is 25.5 Å². The van der Waals surface area contributed by atoms with E-state index in [2.05, 4.69) is 20.1 Å². The first kappa shape index (κ1) is 18.9. The number of pyridine rings is 1. The second kappa shape index (κ2) is 8.74. The Balaban J connectivity index is 1.30. The second-order valence-electron chi connectivity index (χ2n) is 6.29. The van der Waals surface area contributed by atoms with Crippen LogP contribution in [0.4, 0.5) is 0 Å². The van der Waals surface area contributed by atoms with Crippen LogP contribution in [0.3, 0.4) is 0 Å². The molecule has 3 heterocycles. The standard InChI is InChI=1S/C21H18N4O3S/c1-14-18(29-20(23-14)15-7-3-2-4-8-15)21(26)27-12-6-10-17-24-19(25-28-17)16-9-5-11-22-13-16/h2-5,7-9,11,13H,6,10,12H2,1H3. The summed E-state index contributed by atoms with van der Waals surface area (Å²) < 4.78 is 10.6. The third-order valence-electron chi connectivity index (χ3n) is 4.16. The number of rotatable bonds is 7. The van der Waals surface area contributed by atoms with Gasteiger partial charge in [0.15, 0.2) is 0 Å². The average Bonchev–Trinajstić information content (AvgIpc) is 3.39. The number of carbonyl (C=O) groups is 1. The van der Waals surface area contributed by atoms with E-state index in [9.17, 15) is 4.79 Å². The Morgan fingerprint density at radius 3 is 2.72 bits per heavy atom. The molecular formula is C21H18N4O3S. The number of hydrogen-bond donors (Lipinski definition) is 0.